The number of hydrogen-bond acceptors (Lipinski definition) is 9. The van der Waals surface area contributed by atoms with Crippen LogP contribution in [0.15, 0.2) is 36.7 Å². The predicted molar refractivity (Wildman–Crippen MR) is 154 cm³/mol. The van der Waals surface area contributed by atoms with Crippen molar-refractivity contribution in [2.45, 2.75) is 84.7 Å². The van der Waals surface area contributed by atoms with Crippen LogP contribution < -0.4 is 11.1 Å². The number of carbonyl (C=O) groups excluding carboxylic acids is 3. The van der Waals surface area contributed by atoms with Crippen LogP contribution in [0.2, 0.25) is 0 Å². The first-order chi connectivity index (χ1) is 19.5. The summed E-state index contributed by atoms with van der Waals surface area (Å²) in [5.74, 6) is -4.61. The fourth-order valence-electron chi connectivity index (χ4n) is 3.21. The number of rotatable bonds is 13. The number of amides is 1. The van der Waals surface area contributed by atoms with Gasteiger partial charge in [-0.25, -0.2) is 19.6 Å². The molecule has 13 heteroatoms. The highest BCUT2D eigenvalue weighted by Gasteiger charge is 2.23. The van der Waals surface area contributed by atoms with E-state index in [2.05, 4.69) is 31.7 Å². The SMILES string of the molecule is C.CCCCC[C@H](N)C(=O)OC.CCCCC[C@H](NC(=O)c1cccnc1F)C(=O)OC.O=C(O)c1cccnc1F. The Morgan fingerprint density at radius 1 is 0.857 bits per heavy atom. The van der Waals surface area contributed by atoms with Crippen LogP contribution in [0.1, 0.15) is 93.4 Å². The van der Waals surface area contributed by atoms with Crippen molar-refractivity contribution in [1.29, 1.82) is 0 Å². The third-order valence-electron chi connectivity index (χ3n) is 5.50. The van der Waals surface area contributed by atoms with Crippen molar-refractivity contribution < 1.29 is 42.5 Å². The van der Waals surface area contributed by atoms with E-state index in [-0.39, 0.29) is 19.0 Å². The monoisotopic (exact) mass is 598 g/mol. The Labute approximate surface area is 246 Å². The first-order valence-corrected chi connectivity index (χ1v) is 13.2. The van der Waals surface area contributed by atoms with E-state index in [1.54, 1.807) is 0 Å². The Hall–Kier alpha value is -4.00. The number of halogens is 2. The van der Waals surface area contributed by atoms with Gasteiger partial charge in [-0.05, 0) is 37.1 Å². The molecule has 0 unspecified atom stereocenters. The quantitative estimate of drug-likeness (QED) is 0.167. The zero-order valence-electron chi connectivity index (χ0n) is 23.9. The second-order valence-electron chi connectivity index (χ2n) is 8.66. The van der Waals surface area contributed by atoms with Gasteiger partial charge in [0.15, 0.2) is 0 Å². The maximum absolute atomic E-state index is 13.4. The Balaban J connectivity index is 0. The molecule has 0 saturated carbocycles. The number of ether oxygens (including phenoxy) is 2. The Morgan fingerprint density at radius 3 is 1.74 bits per heavy atom. The Bertz CT molecular complexity index is 1090. The average Bonchev–Trinajstić information content (AvgIpc) is 2.96. The normalized spacial score (nSPS) is 11.1. The molecule has 0 aliphatic heterocycles. The number of carboxylic acid groups (broad SMARTS) is 1. The number of hydrogen-bond donors (Lipinski definition) is 3. The summed E-state index contributed by atoms with van der Waals surface area (Å²) in [4.78, 5) is 51.0. The molecule has 2 atom stereocenters. The van der Waals surface area contributed by atoms with Gasteiger partial charge in [0.2, 0.25) is 11.9 Å². The van der Waals surface area contributed by atoms with Crippen LogP contribution in [0.25, 0.3) is 0 Å². The molecule has 2 heterocycles. The van der Waals surface area contributed by atoms with Crippen molar-refractivity contribution in [2.75, 3.05) is 14.2 Å². The van der Waals surface area contributed by atoms with Crippen molar-refractivity contribution in [3.05, 3.63) is 59.7 Å². The van der Waals surface area contributed by atoms with Crippen LogP contribution in [-0.2, 0) is 19.1 Å². The summed E-state index contributed by atoms with van der Waals surface area (Å²) in [5.41, 5.74) is 4.91. The Morgan fingerprint density at radius 2 is 1.33 bits per heavy atom. The van der Waals surface area contributed by atoms with E-state index < -0.39 is 47.4 Å². The summed E-state index contributed by atoms with van der Waals surface area (Å²) in [6, 6.07) is 4.11. The van der Waals surface area contributed by atoms with Crippen LogP contribution >= 0.6 is 0 Å². The number of esters is 2. The number of aromatic nitrogens is 2. The number of carbonyl (C=O) groups is 4. The lowest BCUT2D eigenvalue weighted by atomic mass is 10.1. The first kappa shape index (κ1) is 40.1. The fourth-order valence-corrected chi connectivity index (χ4v) is 3.21. The molecule has 2 rings (SSSR count). The highest BCUT2D eigenvalue weighted by atomic mass is 19.1. The lowest BCUT2D eigenvalue weighted by molar-refractivity contribution is -0.143. The molecule has 0 spiro atoms. The second kappa shape index (κ2) is 23.7. The number of carboxylic acids is 1. The zero-order valence-corrected chi connectivity index (χ0v) is 23.9. The minimum Gasteiger partial charge on any atom is -0.478 e. The Kier molecular flexibility index (Phi) is 22.6. The van der Waals surface area contributed by atoms with Crippen LogP contribution in [0.3, 0.4) is 0 Å². The summed E-state index contributed by atoms with van der Waals surface area (Å²) in [6.45, 7) is 4.15. The summed E-state index contributed by atoms with van der Waals surface area (Å²) >= 11 is 0. The van der Waals surface area contributed by atoms with E-state index in [9.17, 15) is 28.0 Å². The van der Waals surface area contributed by atoms with Crippen molar-refractivity contribution in [1.82, 2.24) is 15.3 Å². The van der Waals surface area contributed by atoms with Gasteiger partial charge in [-0.3, -0.25) is 9.59 Å². The molecule has 4 N–H and O–H groups in total. The minimum atomic E-state index is -1.30. The van der Waals surface area contributed by atoms with E-state index in [0.717, 1.165) is 51.0 Å². The number of aromatic carboxylic acids is 1. The molecule has 2 aromatic rings. The van der Waals surface area contributed by atoms with E-state index >= 15 is 0 Å². The maximum atomic E-state index is 13.4. The molecule has 1 amide bonds. The number of pyridine rings is 2. The van der Waals surface area contributed by atoms with Gasteiger partial charge in [-0.2, -0.15) is 8.78 Å². The van der Waals surface area contributed by atoms with Gasteiger partial charge in [-0.15, -0.1) is 0 Å². The summed E-state index contributed by atoms with van der Waals surface area (Å²) in [7, 11) is 2.62. The van der Waals surface area contributed by atoms with Gasteiger partial charge in [0.25, 0.3) is 5.91 Å². The van der Waals surface area contributed by atoms with Gasteiger partial charge in [0.05, 0.1) is 19.8 Å². The topological polar surface area (TPSA) is 171 Å². The molecule has 0 aliphatic rings. The molecule has 11 nitrogen and oxygen atoms in total. The molecule has 2 aromatic heterocycles. The molecule has 0 saturated heterocycles. The molecule has 42 heavy (non-hydrogen) atoms. The van der Waals surface area contributed by atoms with Crippen molar-refractivity contribution in [2.24, 2.45) is 5.73 Å². The molecule has 0 radical (unpaired) electrons. The predicted octanol–water partition coefficient (Wildman–Crippen LogP) is 4.69. The molecule has 236 valence electrons. The molecule has 0 aliphatic carbocycles. The number of unbranched alkanes of at least 4 members (excludes halogenated alkanes) is 4. The lowest BCUT2D eigenvalue weighted by Crippen LogP contribution is -2.41. The van der Waals surface area contributed by atoms with Crippen molar-refractivity contribution >= 4 is 23.8 Å². The fraction of sp³-hybridized carbons (Fsp3) is 0.517. The highest BCUT2D eigenvalue weighted by Crippen LogP contribution is 2.08. The van der Waals surface area contributed by atoms with Crippen LogP contribution in [0, 0.1) is 11.9 Å². The molecular weight excluding hydrogens is 554 g/mol. The van der Waals surface area contributed by atoms with Crippen LogP contribution in [0.5, 0.6) is 0 Å². The zero-order chi connectivity index (χ0) is 31.2. The van der Waals surface area contributed by atoms with Crippen LogP contribution in [-0.4, -0.2) is 65.2 Å². The van der Waals surface area contributed by atoms with Crippen molar-refractivity contribution in [3.8, 4) is 0 Å². The van der Waals surface area contributed by atoms with E-state index in [0.29, 0.717) is 6.42 Å². The number of nitrogens with two attached hydrogens (primary N) is 1. The third-order valence-corrected chi connectivity index (χ3v) is 5.50. The van der Waals surface area contributed by atoms with E-state index in [1.807, 2.05) is 6.92 Å². The van der Waals surface area contributed by atoms with E-state index in [1.165, 1.54) is 44.8 Å². The molecular formula is C29H44F2N4O7. The van der Waals surface area contributed by atoms with Gasteiger partial charge in [0.1, 0.15) is 17.6 Å². The minimum absolute atomic E-state index is 0. The standard InChI is InChI=1S/C14H19FN2O3.C8H17NO2.C6H4FNO2.CH4/c1-3-4-5-8-11(14(19)20-2)17-13(18)10-7-6-9-16-12(10)15;1-3-4-5-6-7(9)8(10)11-2;7-5-4(6(9)10)2-1-3-8-5;/h6-7,9,11H,3-5,8H2,1-2H3,(H,17,18);7H,3-6,9H2,1-2H3;1-3H,(H,9,10);1H4/t11-;7-;;/m00../s1. The smallest absolute Gasteiger partial charge is 0.340 e. The molecule has 0 bridgehead atoms. The summed E-state index contributed by atoms with van der Waals surface area (Å²) in [5, 5.41) is 10.8. The van der Waals surface area contributed by atoms with Crippen molar-refractivity contribution in [3.63, 3.8) is 0 Å². The van der Waals surface area contributed by atoms with E-state index in [4.69, 9.17) is 10.8 Å². The number of methoxy groups -OCH3 is 2. The average molecular weight is 599 g/mol. The molecule has 0 aromatic carbocycles. The second-order valence-corrected chi connectivity index (χ2v) is 8.66. The largest absolute Gasteiger partial charge is 0.478 e. The summed E-state index contributed by atoms with van der Waals surface area (Å²) in [6.07, 6.45) is 9.67. The molecule has 0 fully saturated rings. The summed E-state index contributed by atoms with van der Waals surface area (Å²) < 4.78 is 34.9. The highest BCUT2D eigenvalue weighted by molar-refractivity contribution is 5.96. The van der Waals surface area contributed by atoms with Gasteiger partial charge >= 0.3 is 17.9 Å². The van der Waals surface area contributed by atoms with Gasteiger partial charge in [0, 0.05) is 12.4 Å². The first-order valence-electron chi connectivity index (χ1n) is 13.2. The number of nitrogens with zero attached hydrogens (tertiary/aromatic N) is 2. The lowest BCUT2D eigenvalue weighted by Gasteiger charge is -2.16. The number of nitrogens with one attached hydrogen (secondary N) is 1. The van der Waals surface area contributed by atoms with Gasteiger partial charge < -0.3 is 25.6 Å². The maximum Gasteiger partial charge on any atom is 0.340 e. The third kappa shape index (κ3) is 16.3. The van der Waals surface area contributed by atoms with Gasteiger partial charge in [-0.1, -0.05) is 59.8 Å². The van der Waals surface area contributed by atoms with Crippen LogP contribution in [0.4, 0.5) is 8.78 Å².